The number of hydrogen-bond donors (Lipinski definition) is 2. The number of carbonyl (C=O) groups excluding carboxylic acids is 3. The van der Waals surface area contributed by atoms with Gasteiger partial charge in [-0.3, -0.25) is 19.7 Å². The number of ketones is 1. The maximum Gasteiger partial charge on any atom is 0.340 e. The zero-order valence-corrected chi connectivity index (χ0v) is 18.1. The van der Waals surface area contributed by atoms with E-state index in [0.717, 1.165) is 18.6 Å². The topological polar surface area (TPSA) is 151 Å². The van der Waals surface area contributed by atoms with Crippen molar-refractivity contribution in [1.82, 2.24) is 0 Å². The van der Waals surface area contributed by atoms with Crippen molar-refractivity contribution in [3.8, 4) is 0 Å². The molecule has 0 fully saturated rings. The molecule has 0 radical (unpaired) electrons. The lowest BCUT2D eigenvalue weighted by Crippen LogP contribution is -2.48. The lowest BCUT2D eigenvalue weighted by molar-refractivity contribution is -0.384. The Morgan fingerprint density at radius 2 is 1.83 bits per heavy atom. The number of rotatable bonds is 2. The van der Waals surface area contributed by atoms with Crippen LogP contribution in [0, 0.1) is 10.1 Å². The van der Waals surface area contributed by atoms with Crippen LogP contribution in [0.1, 0.15) is 21.5 Å². The fourth-order valence-corrected chi connectivity index (χ4v) is 5.26. The number of hydrogen-bond acceptors (Lipinski definition) is 8. The number of methoxy groups -OCH3 is 1. The molecule has 3 aromatic carbocycles. The molecule has 10 nitrogen and oxygen atoms in total. The van der Waals surface area contributed by atoms with Crippen LogP contribution < -0.4 is 11.1 Å². The molecule has 1 spiro atoms. The zero-order chi connectivity index (χ0) is 24.6. The van der Waals surface area contributed by atoms with E-state index in [1.807, 2.05) is 12.1 Å². The van der Waals surface area contributed by atoms with Gasteiger partial charge in [-0.25, -0.2) is 4.79 Å². The molecule has 0 saturated heterocycles. The summed E-state index contributed by atoms with van der Waals surface area (Å²) in [6.45, 7) is 0. The van der Waals surface area contributed by atoms with Gasteiger partial charge in [-0.05, 0) is 11.5 Å². The largest absolute Gasteiger partial charge is 0.465 e. The molecular formula is C25H15N3O7. The fraction of sp³-hybridized carbons (Fsp3) is 0.0800. The van der Waals surface area contributed by atoms with Crippen LogP contribution in [0.4, 0.5) is 11.4 Å². The standard InChI is InChI=1S/C25H15N3O7/c1-34-23(30)19-22(26)35-21-14-7-3-5-11-4-2-6-13(17(11)14)20(29)18(21)25(19)15-10-12(28(32)33)8-9-16(15)27-24(25)31/h2-10H,26H2,1H3,(H,27,31). The van der Waals surface area contributed by atoms with Crippen LogP contribution in [0.3, 0.4) is 0 Å². The van der Waals surface area contributed by atoms with Gasteiger partial charge < -0.3 is 20.5 Å². The highest BCUT2D eigenvalue weighted by Crippen LogP contribution is 2.57. The molecule has 2 heterocycles. The maximum absolute atomic E-state index is 14.1. The van der Waals surface area contributed by atoms with Gasteiger partial charge >= 0.3 is 5.97 Å². The average molecular weight is 469 g/mol. The molecule has 1 amide bonds. The minimum atomic E-state index is -2.13. The molecule has 0 saturated carbocycles. The number of ether oxygens (including phenoxy) is 2. The number of amides is 1. The van der Waals surface area contributed by atoms with Crippen molar-refractivity contribution in [2.45, 2.75) is 5.41 Å². The van der Waals surface area contributed by atoms with E-state index in [9.17, 15) is 24.5 Å². The van der Waals surface area contributed by atoms with E-state index in [2.05, 4.69) is 5.32 Å². The molecule has 3 N–H and O–H groups in total. The van der Waals surface area contributed by atoms with Gasteiger partial charge in [0, 0.05) is 39.9 Å². The van der Waals surface area contributed by atoms with Crippen LogP contribution in [0.25, 0.3) is 16.5 Å². The number of benzene rings is 3. The number of nitrogens with one attached hydrogen (secondary N) is 1. The number of carbonyl (C=O) groups is 3. The normalized spacial score (nSPS) is 19.9. The first-order valence-electron chi connectivity index (χ1n) is 10.5. The van der Waals surface area contributed by atoms with Gasteiger partial charge in [0.05, 0.1) is 17.6 Å². The van der Waals surface area contributed by atoms with Crippen LogP contribution in [-0.2, 0) is 24.5 Å². The number of nitro groups is 1. The molecule has 3 aromatic rings. The van der Waals surface area contributed by atoms with Crippen LogP contribution >= 0.6 is 0 Å². The van der Waals surface area contributed by atoms with Crippen molar-refractivity contribution in [1.29, 1.82) is 0 Å². The van der Waals surface area contributed by atoms with Gasteiger partial charge in [-0.2, -0.15) is 0 Å². The van der Waals surface area contributed by atoms with E-state index in [0.29, 0.717) is 16.5 Å². The molecule has 172 valence electrons. The molecule has 1 atom stereocenters. The summed E-state index contributed by atoms with van der Waals surface area (Å²) < 4.78 is 10.8. The van der Waals surface area contributed by atoms with Crippen molar-refractivity contribution in [2.75, 3.05) is 12.4 Å². The Labute approximate surface area is 196 Å². The first kappa shape index (κ1) is 20.6. The highest BCUT2D eigenvalue weighted by molar-refractivity contribution is 6.32. The molecule has 0 bridgehead atoms. The van der Waals surface area contributed by atoms with Crippen molar-refractivity contribution in [3.05, 3.63) is 98.4 Å². The summed E-state index contributed by atoms with van der Waals surface area (Å²) in [6, 6.07) is 14.2. The van der Waals surface area contributed by atoms with Crippen LogP contribution in [0.15, 0.2) is 71.6 Å². The van der Waals surface area contributed by atoms with E-state index >= 15 is 0 Å². The van der Waals surface area contributed by atoms with Crippen molar-refractivity contribution < 1.29 is 28.8 Å². The SMILES string of the molecule is COC(=O)C1=C(N)OC2=C(C(=O)c3cccc4cccc2c34)C12C(=O)Nc1ccc([N+](=O)[O-])cc12. The number of nitro benzene ring substituents is 1. The summed E-state index contributed by atoms with van der Waals surface area (Å²) >= 11 is 0. The molecule has 6 rings (SSSR count). The van der Waals surface area contributed by atoms with E-state index in [4.69, 9.17) is 15.2 Å². The molecule has 1 unspecified atom stereocenters. The lowest BCUT2D eigenvalue weighted by Gasteiger charge is -2.38. The summed E-state index contributed by atoms with van der Waals surface area (Å²) in [6.07, 6.45) is 0. The van der Waals surface area contributed by atoms with Crippen molar-refractivity contribution in [2.24, 2.45) is 5.73 Å². The molecule has 2 aliphatic heterocycles. The zero-order valence-electron chi connectivity index (χ0n) is 18.1. The van der Waals surface area contributed by atoms with E-state index in [1.165, 1.54) is 12.1 Å². The van der Waals surface area contributed by atoms with E-state index in [1.54, 1.807) is 24.3 Å². The second-order valence-corrected chi connectivity index (χ2v) is 8.27. The third-order valence-corrected chi connectivity index (χ3v) is 6.65. The summed E-state index contributed by atoms with van der Waals surface area (Å²) in [7, 11) is 1.10. The summed E-state index contributed by atoms with van der Waals surface area (Å²) in [5.74, 6) is -2.76. The lowest BCUT2D eigenvalue weighted by atomic mass is 9.64. The summed E-state index contributed by atoms with van der Waals surface area (Å²) in [5.41, 5.74) is 4.24. The number of nitrogens with two attached hydrogens (primary N) is 1. The Hall–Kier alpha value is -4.99. The third-order valence-electron chi connectivity index (χ3n) is 6.65. The second kappa shape index (κ2) is 6.76. The van der Waals surface area contributed by atoms with Crippen molar-refractivity contribution >= 4 is 45.6 Å². The average Bonchev–Trinajstić information content (AvgIpc) is 3.12. The number of esters is 1. The highest BCUT2D eigenvalue weighted by atomic mass is 16.6. The predicted molar refractivity (Wildman–Crippen MR) is 123 cm³/mol. The molecule has 1 aliphatic carbocycles. The van der Waals surface area contributed by atoms with Gasteiger partial charge in [-0.1, -0.05) is 36.4 Å². The van der Waals surface area contributed by atoms with E-state index in [-0.39, 0.29) is 28.3 Å². The first-order valence-corrected chi connectivity index (χ1v) is 10.5. The van der Waals surface area contributed by atoms with Gasteiger partial charge in [0.2, 0.25) is 11.8 Å². The molecule has 3 aliphatic rings. The van der Waals surface area contributed by atoms with Gasteiger partial charge in [0.1, 0.15) is 16.7 Å². The third kappa shape index (κ3) is 2.39. The minimum absolute atomic E-state index is 0.0129. The van der Waals surface area contributed by atoms with Gasteiger partial charge in [0.25, 0.3) is 5.69 Å². The number of nitrogens with zero attached hydrogens (tertiary/aromatic N) is 1. The van der Waals surface area contributed by atoms with Crippen molar-refractivity contribution in [3.63, 3.8) is 0 Å². The molecule has 10 heteroatoms. The minimum Gasteiger partial charge on any atom is -0.465 e. The monoisotopic (exact) mass is 469 g/mol. The van der Waals surface area contributed by atoms with Crippen LogP contribution in [0.2, 0.25) is 0 Å². The predicted octanol–water partition coefficient (Wildman–Crippen LogP) is 2.92. The van der Waals surface area contributed by atoms with Gasteiger partial charge in [-0.15, -0.1) is 0 Å². The molecule has 35 heavy (non-hydrogen) atoms. The Morgan fingerprint density at radius 1 is 1.11 bits per heavy atom. The highest BCUT2D eigenvalue weighted by Gasteiger charge is 2.62. The quantitative estimate of drug-likeness (QED) is 0.330. The summed E-state index contributed by atoms with van der Waals surface area (Å²) in [4.78, 5) is 51.9. The molecular weight excluding hydrogens is 454 g/mol. The Balaban J connectivity index is 1.79. The van der Waals surface area contributed by atoms with Crippen LogP contribution in [0.5, 0.6) is 0 Å². The van der Waals surface area contributed by atoms with Gasteiger partial charge in [0.15, 0.2) is 5.78 Å². The van der Waals surface area contributed by atoms with Crippen LogP contribution in [-0.4, -0.2) is 29.7 Å². The number of fused-ring (bicyclic) bond motifs is 4. The number of Topliss-reactive ketones (excluding diaryl/α,β-unsaturated/α-hetero) is 1. The second-order valence-electron chi connectivity index (χ2n) is 8.27. The fourth-order valence-electron chi connectivity index (χ4n) is 5.26. The number of anilines is 1. The summed E-state index contributed by atoms with van der Waals surface area (Å²) in [5, 5.41) is 15.6. The Morgan fingerprint density at radius 3 is 2.51 bits per heavy atom. The van der Waals surface area contributed by atoms with E-state index < -0.39 is 39.5 Å². The Kier molecular flexibility index (Phi) is 3.98. The number of non-ortho nitro benzene ring substituents is 1. The first-order chi connectivity index (χ1) is 16.8. The molecule has 0 aromatic heterocycles. The smallest absolute Gasteiger partial charge is 0.340 e. The Bertz CT molecular complexity index is 1630. The maximum atomic E-state index is 14.1.